The van der Waals surface area contributed by atoms with Crippen LogP contribution < -0.4 is 4.90 Å². The van der Waals surface area contributed by atoms with Gasteiger partial charge in [0.2, 0.25) is 0 Å². The molecule has 0 aromatic carbocycles. The van der Waals surface area contributed by atoms with Gasteiger partial charge in [0.15, 0.2) is 0 Å². The molecule has 0 saturated heterocycles. The molecule has 0 bridgehead atoms. The predicted molar refractivity (Wildman–Crippen MR) is 74.4 cm³/mol. The average molecular weight is 306 g/mol. The molecule has 90 valence electrons. The lowest BCUT2D eigenvalue weighted by molar-refractivity contribution is 0.567. The van der Waals surface area contributed by atoms with E-state index in [0.29, 0.717) is 11.9 Å². The molecule has 1 aromatic heterocycles. The number of nitrogens with zero attached hydrogens (tertiary/aromatic N) is 2. The highest BCUT2D eigenvalue weighted by Gasteiger charge is 2.17. The van der Waals surface area contributed by atoms with Gasteiger partial charge in [-0.05, 0) is 34.8 Å². The Labute approximate surface area is 111 Å². The molecule has 0 spiro atoms. The summed E-state index contributed by atoms with van der Waals surface area (Å²) in [5.41, 5.74) is 1.18. The Bertz CT molecular complexity index is 316. The molecule has 0 N–H and O–H groups in total. The van der Waals surface area contributed by atoms with Gasteiger partial charge in [-0.1, -0.05) is 13.8 Å². The van der Waals surface area contributed by atoms with E-state index in [-0.39, 0.29) is 0 Å². The zero-order chi connectivity index (χ0) is 12.0. The van der Waals surface area contributed by atoms with Gasteiger partial charge in [0.1, 0.15) is 0 Å². The molecule has 0 aliphatic carbocycles. The Kier molecular flexibility index (Phi) is 6.14. The Morgan fingerprint density at radius 2 is 2.12 bits per heavy atom. The van der Waals surface area contributed by atoms with E-state index in [1.165, 1.54) is 5.69 Å². The van der Waals surface area contributed by atoms with E-state index in [1.807, 2.05) is 18.5 Å². The molecule has 0 radical (unpaired) electrons. The fraction of sp³-hybridized carbons (Fsp3) is 0.583. The van der Waals surface area contributed by atoms with Crippen molar-refractivity contribution in [3.05, 3.63) is 22.9 Å². The summed E-state index contributed by atoms with van der Waals surface area (Å²) >= 11 is 9.43. The highest BCUT2D eigenvalue weighted by atomic mass is 79.9. The van der Waals surface area contributed by atoms with Crippen molar-refractivity contribution in [3.8, 4) is 0 Å². The molecule has 0 aliphatic heterocycles. The summed E-state index contributed by atoms with van der Waals surface area (Å²) in [7, 11) is 0. The fourth-order valence-corrected chi connectivity index (χ4v) is 2.58. The fourth-order valence-electron chi connectivity index (χ4n) is 1.92. The highest BCUT2D eigenvalue weighted by molar-refractivity contribution is 9.10. The number of aromatic nitrogens is 1. The summed E-state index contributed by atoms with van der Waals surface area (Å²) < 4.78 is 1.03. The van der Waals surface area contributed by atoms with Crippen LogP contribution in [-0.4, -0.2) is 23.5 Å². The van der Waals surface area contributed by atoms with Crippen LogP contribution in [0, 0.1) is 0 Å². The molecule has 1 rings (SSSR count). The third kappa shape index (κ3) is 3.36. The Hall–Kier alpha value is -0.280. The van der Waals surface area contributed by atoms with E-state index in [9.17, 15) is 0 Å². The molecule has 0 aliphatic rings. The number of alkyl halides is 1. The molecular weight excluding hydrogens is 288 g/mol. The van der Waals surface area contributed by atoms with E-state index in [0.717, 1.165) is 23.9 Å². The average Bonchev–Trinajstić information content (AvgIpc) is 2.30. The summed E-state index contributed by atoms with van der Waals surface area (Å²) in [6, 6.07) is 2.58. The third-order valence-corrected chi connectivity index (χ3v) is 3.55. The molecule has 1 aromatic rings. The quantitative estimate of drug-likeness (QED) is 0.736. The summed E-state index contributed by atoms with van der Waals surface area (Å²) in [5.74, 6) is 0.644. The molecule has 4 heteroatoms. The number of hydrogen-bond acceptors (Lipinski definition) is 2. The first-order chi connectivity index (χ1) is 7.74. The maximum absolute atomic E-state index is 5.88. The number of hydrogen-bond donors (Lipinski definition) is 0. The maximum atomic E-state index is 5.88. The molecule has 0 amide bonds. The second-order valence-electron chi connectivity index (χ2n) is 3.68. The second kappa shape index (κ2) is 7.13. The van der Waals surface area contributed by atoms with Gasteiger partial charge in [-0.3, -0.25) is 4.98 Å². The van der Waals surface area contributed by atoms with Crippen LogP contribution in [0.25, 0.3) is 0 Å². The van der Waals surface area contributed by atoms with Gasteiger partial charge in [0.25, 0.3) is 0 Å². The van der Waals surface area contributed by atoms with Crippen molar-refractivity contribution in [3.63, 3.8) is 0 Å². The van der Waals surface area contributed by atoms with Gasteiger partial charge in [0, 0.05) is 30.9 Å². The van der Waals surface area contributed by atoms with E-state index >= 15 is 0 Å². The standard InChI is InChI=1S/C12H18BrClN2/c1-3-10(4-2)16(8-6-14)12-5-7-15-9-11(12)13/h5,7,9-10H,3-4,6,8H2,1-2H3. The van der Waals surface area contributed by atoms with Gasteiger partial charge in [-0.2, -0.15) is 0 Å². The van der Waals surface area contributed by atoms with E-state index in [1.54, 1.807) is 0 Å². The minimum Gasteiger partial charge on any atom is -0.366 e. The minimum atomic E-state index is 0.539. The highest BCUT2D eigenvalue weighted by Crippen LogP contribution is 2.28. The largest absolute Gasteiger partial charge is 0.366 e. The molecule has 1 heterocycles. The topological polar surface area (TPSA) is 16.1 Å². The lowest BCUT2D eigenvalue weighted by atomic mass is 10.1. The molecular formula is C12H18BrClN2. The van der Waals surface area contributed by atoms with Gasteiger partial charge in [0.05, 0.1) is 10.2 Å². The van der Waals surface area contributed by atoms with Crippen LogP contribution in [0.3, 0.4) is 0 Å². The Morgan fingerprint density at radius 1 is 1.44 bits per heavy atom. The summed E-state index contributed by atoms with van der Waals surface area (Å²) in [4.78, 5) is 6.45. The van der Waals surface area contributed by atoms with Crippen LogP contribution in [0.2, 0.25) is 0 Å². The zero-order valence-electron chi connectivity index (χ0n) is 9.79. The van der Waals surface area contributed by atoms with Crippen LogP contribution in [0.1, 0.15) is 26.7 Å². The molecule has 0 unspecified atom stereocenters. The minimum absolute atomic E-state index is 0.539. The van der Waals surface area contributed by atoms with Gasteiger partial charge in [-0.15, -0.1) is 11.6 Å². The maximum Gasteiger partial charge on any atom is 0.0592 e. The van der Waals surface area contributed by atoms with E-state index in [4.69, 9.17) is 11.6 Å². The monoisotopic (exact) mass is 304 g/mol. The van der Waals surface area contributed by atoms with Crippen molar-refractivity contribution in [2.45, 2.75) is 32.7 Å². The van der Waals surface area contributed by atoms with Gasteiger partial charge < -0.3 is 4.90 Å². The normalized spacial score (nSPS) is 10.8. The summed E-state index contributed by atoms with van der Waals surface area (Å²) in [5, 5.41) is 0. The Balaban J connectivity index is 2.97. The van der Waals surface area contributed by atoms with Crippen molar-refractivity contribution in [1.29, 1.82) is 0 Å². The molecule has 2 nitrogen and oxygen atoms in total. The van der Waals surface area contributed by atoms with E-state index in [2.05, 4.69) is 39.7 Å². The van der Waals surface area contributed by atoms with Crippen LogP contribution in [0.15, 0.2) is 22.9 Å². The van der Waals surface area contributed by atoms with Crippen molar-refractivity contribution in [2.75, 3.05) is 17.3 Å². The summed E-state index contributed by atoms with van der Waals surface area (Å²) in [6.45, 7) is 5.30. The predicted octanol–water partition coefficient (Wildman–Crippen LogP) is 4.08. The van der Waals surface area contributed by atoms with Crippen molar-refractivity contribution in [2.24, 2.45) is 0 Å². The number of rotatable bonds is 6. The number of anilines is 1. The molecule has 0 atom stereocenters. The molecule has 0 fully saturated rings. The first-order valence-electron chi connectivity index (χ1n) is 5.66. The van der Waals surface area contributed by atoms with Crippen molar-refractivity contribution >= 4 is 33.2 Å². The van der Waals surface area contributed by atoms with Crippen LogP contribution >= 0.6 is 27.5 Å². The molecule has 16 heavy (non-hydrogen) atoms. The van der Waals surface area contributed by atoms with E-state index < -0.39 is 0 Å². The third-order valence-electron chi connectivity index (χ3n) is 2.77. The van der Waals surface area contributed by atoms with Crippen LogP contribution in [-0.2, 0) is 0 Å². The van der Waals surface area contributed by atoms with Gasteiger partial charge >= 0.3 is 0 Å². The van der Waals surface area contributed by atoms with Crippen LogP contribution in [0.5, 0.6) is 0 Å². The number of pyridine rings is 1. The Morgan fingerprint density at radius 3 is 2.62 bits per heavy atom. The second-order valence-corrected chi connectivity index (χ2v) is 4.91. The van der Waals surface area contributed by atoms with Crippen molar-refractivity contribution in [1.82, 2.24) is 4.98 Å². The smallest absolute Gasteiger partial charge is 0.0592 e. The number of halogens is 2. The SMILES string of the molecule is CCC(CC)N(CCCl)c1ccncc1Br. The first kappa shape index (κ1) is 13.8. The van der Waals surface area contributed by atoms with Crippen molar-refractivity contribution < 1.29 is 0 Å². The first-order valence-corrected chi connectivity index (χ1v) is 6.99. The van der Waals surface area contributed by atoms with Gasteiger partial charge in [-0.25, -0.2) is 0 Å². The lowest BCUT2D eigenvalue weighted by Crippen LogP contribution is -2.36. The lowest BCUT2D eigenvalue weighted by Gasteiger charge is -2.32. The molecule has 0 saturated carbocycles. The summed E-state index contributed by atoms with van der Waals surface area (Å²) in [6.07, 6.45) is 5.91. The van der Waals surface area contributed by atoms with Crippen LogP contribution in [0.4, 0.5) is 5.69 Å². The zero-order valence-corrected chi connectivity index (χ0v) is 12.1.